The zero-order valence-electron chi connectivity index (χ0n) is 15.3. The molecular formula is C23H21F2NOS. The van der Waals surface area contributed by atoms with Crippen molar-refractivity contribution in [1.82, 2.24) is 5.32 Å². The summed E-state index contributed by atoms with van der Waals surface area (Å²) in [6, 6.07) is 24.1. The second-order valence-electron chi connectivity index (χ2n) is 6.38. The molecule has 0 aliphatic carbocycles. The summed E-state index contributed by atoms with van der Waals surface area (Å²) >= 11 is 1.18. The monoisotopic (exact) mass is 397 g/mol. The van der Waals surface area contributed by atoms with Gasteiger partial charge in [0.25, 0.3) is 0 Å². The van der Waals surface area contributed by atoms with Crippen LogP contribution < -0.4 is 5.32 Å². The molecule has 3 aromatic carbocycles. The van der Waals surface area contributed by atoms with Crippen molar-refractivity contribution < 1.29 is 13.6 Å². The number of amides is 1. The van der Waals surface area contributed by atoms with Gasteiger partial charge in [0.05, 0.1) is 5.75 Å². The third-order valence-electron chi connectivity index (χ3n) is 4.42. The molecule has 0 fully saturated rings. The van der Waals surface area contributed by atoms with Crippen molar-refractivity contribution in [2.75, 3.05) is 12.3 Å². The van der Waals surface area contributed by atoms with Crippen LogP contribution in [0.2, 0.25) is 0 Å². The summed E-state index contributed by atoms with van der Waals surface area (Å²) in [5.41, 5.74) is 2.42. The van der Waals surface area contributed by atoms with Crippen molar-refractivity contribution >= 4 is 17.7 Å². The molecule has 3 rings (SSSR count). The van der Waals surface area contributed by atoms with E-state index in [1.54, 1.807) is 0 Å². The summed E-state index contributed by atoms with van der Waals surface area (Å²) in [6.45, 7) is 0.533. The molecule has 0 spiro atoms. The van der Waals surface area contributed by atoms with Gasteiger partial charge >= 0.3 is 0 Å². The molecule has 0 radical (unpaired) electrons. The largest absolute Gasteiger partial charge is 0.355 e. The fraction of sp³-hybridized carbons (Fsp3) is 0.174. The van der Waals surface area contributed by atoms with Crippen LogP contribution >= 0.6 is 11.8 Å². The predicted octanol–water partition coefficient (Wildman–Crippen LogP) is 5.40. The molecule has 1 amide bonds. The summed E-state index contributed by atoms with van der Waals surface area (Å²) in [7, 11) is 0. The molecule has 0 bridgehead atoms. The number of thioether (sulfide) groups is 1. The van der Waals surface area contributed by atoms with Gasteiger partial charge in [-0.3, -0.25) is 4.79 Å². The zero-order chi connectivity index (χ0) is 19.8. The van der Waals surface area contributed by atoms with Gasteiger partial charge in [-0.1, -0.05) is 60.7 Å². The first-order valence-electron chi connectivity index (χ1n) is 9.08. The summed E-state index contributed by atoms with van der Waals surface area (Å²) in [5, 5.41) is 2.92. The highest BCUT2D eigenvalue weighted by atomic mass is 32.2. The third kappa shape index (κ3) is 5.67. The lowest BCUT2D eigenvalue weighted by Gasteiger charge is -2.18. The standard InChI is InChI=1S/C23H21F2NOS/c24-21-12-11-19(15-22(21)25)28-16-23(27)26-14-13-20(17-7-3-1-4-8-17)18-9-5-2-6-10-18/h1-12,15,20H,13-14,16H2,(H,26,27). The van der Waals surface area contributed by atoms with Gasteiger partial charge in [-0.05, 0) is 35.7 Å². The Kier molecular flexibility index (Phi) is 7.20. The van der Waals surface area contributed by atoms with Crippen molar-refractivity contribution in [3.63, 3.8) is 0 Å². The van der Waals surface area contributed by atoms with E-state index in [1.807, 2.05) is 36.4 Å². The average Bonchev–Trinajstić information content (AvgIpc) is 2.73. The summed E-state index contributed by atoms with van der Waals surface area (Å²) < 4.78 is 26.2. The molecule has 0 aromatic heterocycles. The summed E-state index contributed by atoms with van der Waals surface area (Å²) in [4.78, 5) is 12.7. The van der Waals surface area contributed by atoms with Gasteiger partial charge in [-0.2, -0.15) is 0 Å². The summed E-state index contributed by atoms with van der Waals surface area (Å²) in [6.07, 6.45) is 0.773. The fourth-order valence-electron chi connectivity index (χ4n) is 3.02. The van der Waals surface area contributed by atoms with Crippen molar-refractivity contribution in [2.24, 2.45) is 0 Å². The number of hydrogen-bond donors (Lipinski definition) is 1. The minimum Gasteiger partial charge on any atom is -0.355 e. The quantitative estimate of drug-likeness (QED) is 0.516. The lowest BCUT2D eigenvalue weighted by Crippen LogP contribution is -2.27. The average molecular weight is 397 g/mol. The lowest BCUT2D eigenvalue weighted by molar-refractivity contribution is -0.118. The topological polar surface area (TPSA) is 29.1 Å². The van der Waals surface area contributed by atoms with Crippen LogP contribution in [0, 0.1) is 11.6 Å². The molecule has 0 saturated heterocycles. The van der Waals surface area contributed by atoms with E-state index in [-0.39, 0.29) is 17.6 Å². The van der Waals surface area contributed by atoms with E-state index in [1.165, 1.54) is 29.0 Å². The molecule has 5 heteroatoms. The smallest absolute Gasteiger partial charge is 0.230 e. The molecule has 144 valence electrons. The molecule has 2 nitrogen and oxygen atoms in total. The van der Waals surface area contributed by atoms with Crippen LogP contribution in [0.5, 0.6) is 0 Å². The van der Waals surface area contributed by atoms with Crippen LogP contribution in [0.4, 0.5) is 8.78 Å². The van der Waals surface area contributed by atoms with Crippen LogP contribution in [-0.4, -0.2) is 18.2 Å². The van der Waals surface area contributed by atoms with Crippen molar-refractivity contribution in [2.45, 2.75) is 17.2 Å². The molecule has 3 aromatic rings. The fourth-order valence-corrected chi connectivity index (χ4v) is 3.77. The Morgan fingerprint density at radius 2 is 1.46 bits per heavy atom. The molecule has 0 aliphatic rings. The molecule has 0 aliphatic heterocycles. The number of carbonyl (C=O) groups excluding carboxylic acids is 1. The second-order valence-corrected chi connectivity index (χ2v) is 7.43. The Hall–Kier alpha value is -2.66. The zero-order valence-corrected chi connectivity index (χ0v) is 16.1. The third-order valence-corrected chi connectivity index (χ3v) is 5.41. The predicted molar refractivity (Wildman–Crippen MR) is 109 cm³/mol. The Labute approximate surface area is 168 Å². The van der Waals surface area contributed by atoms with Crippen LogP contribution in [0.25, 0.3) is 0 Å². The number of rotatable bonds is 8. The van der Waals surface area contributed by atoms with Gasteiger partial charge < -0.3 is 5.32 Å². The van der Waals surface area contributed by atoms with E-state index in [2.05, 4.69) is 29.6 Å². The van der Waals surface area contributed by atoms with E-state index in [0.29, 0.717) is 11.4 Å². The highest BCUT2D eigenvalue weighted by Crippen LogP contribution is 2.27. The van der Waals surface area contributed by atoms with Crippen molar-refractivity contribution in [3.8, 4) is 0 Å². The van der Waals surface area contributed by atoms with Crippen LogP contribution in [0.15, 0.2) is 83.8 Å². The van der Waals surface area contributed by atoms with Crippen molar-refractivity contribution in [1.29, 1.82) is 0 Å². The van der Waals surface area contributed by atoms with E-state index >= 15 is 0 Å². The first-order valence-corrected chi connectivity index (χ1v) is 10.1. The number of nitrogens with one attached hydrogen (secondary N) is 1. The first-order chi connectivity index (χ1) is 13.6. The Morgan fingerprint density at radius 3 is 2.04 bits per heavy atom. The van der Waals surface area contributed by atoms with E-state index < -0.39 is 11.6 Å². The molecule has 0 saturated carbocycles. The molecule has 0 unspecified atom stereocenters. The van der Waals surface area contributed by atoms with Gasteiger partial charge in [0, 0.05) is 17.4 Å². The first kappa shape index (κ1) is 20.1. The van der Waals surface area contributed by atoms with Gasteiger partial charge in [-0.25, -0.2) is 8.78 Å². The van der Waals surface area contributed by atoms with Gasteiger partial charge in [-0.15, -0.1) is 11.8 Å². The maximum Gasteiger partial charge on any atom is 0.230 e. The number of halogens is 2. The molecule has 1 N–H and O–H groups in total. The number of carbonyl (C=O) groups is 1. The van der Waals surface area contributed by atoms with Crippen LogP contribution in [-0.2, 0) is 4.79 Å². The highest BCUT2D eigenvalue weighted by molar-refractivity contribution is 8.00. The van der Waals surface area contributed by atoms with E-state index in [9.17, 15) is 13.6 Å². The Morgan fingerprint density at radius 1 is 0.857 bits per heavy atom. The molecule has 0 heterocycles. The minimum atomic E-state index is -0.904. The van der Waals surface area contributed by atoms with Gasteiger partial charge in [0.15, 0.2) is 11.6 Å². The maximum atomic E-state index is 13.2. The second kappa shape index (κ2) is 10.0. The molecule has 28 heavy (non-hydrogen) atoms. The van der Waals surface area contributed by atoms with E-state index in [4.69, 9.17) is 0 Å². The number of hydrogen-bond acceptors (Lipinski definition) is 2. The molecule has 0 atom stereocenters. The highest BCUT2D eigenvalue weighted by Gasteiger charge is 2.14. The van der Waals surface area contributed by atoms with Crippen LogP contribution in [0.1, 0.15) is 23.5 Å². The normalized spacial score (nSPS) is 10.8. The number of benzene rings is 3. The minimum absolute atomic E-state index is 0.130. The lowest BCUT2D eigenvalue weighted by atomic mass is 9.88. The SMILES string of the molecule is O=C(CSc1ccc(F)c(F)c1)NCCC(c1ccccc1)c1ccccc1. The van der Waals surface area contributed by atoms with E-state index in [0.717, 1.165) is 18.6 Å². The van der Waals surface area contributed by atoms with Gasteiger partial charge in [0.1, 0.15) is 0 Å². The Balaban J connectivity index is 1.53. The van der Waals surface area contributed by atoms with Gasteiger partial charge in [0.2, 0.25) is 5.91 Å². The summed E-state index contributed by atoms with van der Waals surface area (Å²) in [5.74, 6) is -1.57. The van der Waals surface area contributed by atoms with Crippen LogP contribution in [0.3, 0.4) is 0 Å². The molecular weight excluding hydrogens is 376 g/mol. The maximum absolute atomic E-state index is 13.2. The van der Waals surface area contributed by atoms with Crippen molar-refractivity contribution in [3.05, 3.63) is 102 Å². The Bertz CT molecular complexity index is 863.